The summed E-state index contributed by atoms with van der Waals surface area (Å²) in [6, 6.07) is 5.24. The minimum absolute atomic E-state index is 0.112. The van der Waals surface area contributed by atoms with Crippen LogP contribution in [0.4, 0.5) is 0 Å². The van der Waals surface area contributed by atoms with Crippen LogP contribution in [0.3, 0.4) is 0 Å². The number of benzene rings is 1. The third-order valence-electron chi connectivity index (χ3n) is 6.58. The van der Waals surface area contributed by atoms with Gasteiger partial charge in [-0.25, -0.2) is 0 Å². The van der Waals surface area contributed by atoms with Crippen LogP contribution in [0, 0.1) is 5.92 Å². The van der Waals surface area contributed by atoms with Gasteiger partial charge >= 0.3 is 0 Å². The molecule has 1 aliphatic carbocycles. The molecule has 1 atom stereocenters. The van der Waals surface area contributed by atoms with E-state index >= 15 is 0 Å². The van der Waals surface area contributed by atoms with Crippen molar-refractivity contribution in [3.8, 4) is 0 Å². The lowest BCUT2D eigenvalue weighted by atomic mass is 9.73. The Bertz CT molecular complexity index is 825. The van der Waals surface area contributed by atoms with Gasteiger partial charge in [-0.1, -0.05) is 12.1 Å². The van der Waals surface area contributed by atoms with Crippen molar-refractivity contribution in [2.45, 2.75) is 50.4 Å². The van der Waals surface area contributed by atoms with E-state index < -0.39 is 6.04 Å². The highest BCUT2D eigenvalue weighted by molar-refractivity contribution is 6.05. The van der Waals surface area contributed by atoms with Crippen molar-refractivity contribution in [3.05, 3.63) is 34.9 Å². The first-order valence-corrected chi connectivity index (χ1v) is 9.76. The highest BCUT2D eigenvalue weighted by atomic mass is 16.2. The molecule has 4 fully saturated rings. The van der Waals surface area contributed by atoms with Crippen molar-refractivity contribution in [2.75, 3.05) is 13.1 Å². The van der Waals surface area contributed by atoms with Crippen LogP contribution < -0.4 is 16.0 Å². The van der Waals surface area contributed by atoms with Gasteiger partial charge in [-0.05, 0) is 48.9 Å². The Hall–Kier alpha value is -2.25. The molecule has 1 saturated carbocycles. The van der Waals surface area contributed by atoms with Gasteiger partial charge in [0.15, 0.2) is 0 Å². The molecule has 5 aliphatic rings. The third kappa shape index (κ3) is 2.76. The van der Waals surface area contributed by atoms with Crippen molar-refractivity contribution >= 4 is 17.7 Å². The van der Waals surface area contributed by atoms with Crippen molar-refractivity contribution in [2.24, 2.45) is 5.92 Å². The van der Waals surface area contributed by atoms with Crippen LogP contribution in [-0.4, -0.2) is 47.3 Å². The average molecular weight is 368 g/mol. The Morgan fingerprint density at radius 3 is 2.81 bits per heavy atom. The molecule has 3 N–H and O–H groups in total. The van der Waals surface area contributed by atoms with Gasteiger partial charge in [0, 0.05) is 37.2 Å². The van der Waals surface area contributed by atoms with Gasteiger partial charge in [0.1, 0.15) is 6.04 Å². The molecule has 3 amide bonds. The number of hydrogen-bond acceptors (Lipinski definition) is 5. The number of rotatable bonds is 5. The molecule has 0 aromatic heterocycles. The van der Waals surface area contributed by atoms with Crippen molar-refractivity contribution in [1.29, 1.82) is 0 Å². The Balaban J connectivity index is 1.28. The lowest BCUT2D eigenvalue weighted by Crippen LogP contribution is -2.52. The molecule has 27 heavy (non-hydrogen) atoms. The molecular formula is C20H24N4O3. The lowest BCUT2D eigenvalue weighted by molar-refractivity contribution is -0.136. The van der Waals surface area contributed by atoms with E-state index in [4.69, 9.17) is 0 Å². The van der Waals surface area contributed by atoms with Crippen LogP contribution in [0.5, 0.6) is 0 Å². The molecule has 0 spiro atoms. The Morgan fingerprint density at radius 2 is 2.07 bits per heavy atom. The molecule has 2 bridgehead atoms. The fourth-order valence-electron chi connectivity index (χ4n) is 5.15. The van der Waals surface area contributed by atoms with Gasteiger partial charge in [0.05, 0.1) is 0 Å². The quantitative estimate of drug-likeness (QED) is 0.650. The summed E-state index contributed by atoms with van der Waals surface area (Å²) in [5.41, 5.74) is 3.07. The van der Waals surface area contributed by atoms with Gasteiger partial charge in [-0.2, -0.15) is 0 Å². The predicted octanol–water partition coefficient (Wildman–Crippen LogP) is 0.289. The van der Waals surface area contributed by atoms with E-state index in [9.17, 15) is 14.4 Å². The molecule has 4 aliphatic heterocycles. The highest BCUT2D eigenvalue weighted by Crippen LogP contribution is 2.43. The van der Waals surface area contributed by atoms with E-state index in [0.29, 0.717) is 25.1 Å². The van der Waals surface area contributed by atoms with Gasteiger partial charge in [-0.3, -0.25) is 19.7 Å². The number of carbonyl (C=O) groups excluding carboxylic acids is 3. The maximum absolute atomic E-state index is 12.8. The number of imide groups is 1. The van der Waals surface area contributed by atoms with E-state index in [2.05, 4.69) is 22.0 Å². The second-order valence-corrected chi connectivity index (χ2v) is 8.38. The van der Waals surface area contributed by atoms with E-state index in [1.807, 2.05) is 12.1 Å². The SMILES string of the molecule is O=C1CCC(N2Cc3c(CNCC45CC(CN4)C5)cccc3C2=O)C(=O)N1. The third-order valence-corrected chi connectivity index (χ3v) is 6.58. The molecule has 4 heterocycles. The second-order valence-electron chi connectivity index (χ2n) is 8.38. The molecule has 0 radical (unpaired) electrons. The van der Waals surface area contributed by atoms with Crippen LogP contribution in [0.15, 0.2) is 18.2 Å². The topological polar surface area (TPSA) is 90.5 Å². The van der Waals surface area contributed by atoms with Crippen molar-refractivity contribution in [3.63, 3.8) is 0 Å². The summed E-state index contributed by atoms with van der Waals surface area (Å²) in [5, 5.41) is 9.52. The van der Waals surface area contributed by atoms with Crippen LogP contribution in [-0.2, 0) is 22.7 Å². The van der Waals surface area contributed by atoms with Crippen molar-refractivity contribution < 1.29 is 14.4 Å². The fraction of sp³-hybridized carbons (Fsp3) is 0.550. The first kappa shape index (κ1) is 16.9. The number of fused-ring (bicyclic) bond motifs is 2. The summed E-state index contributed by atoms with van der Waals surface area (Å²) in [7, 11) is 0. The predicted molar refractivity (Wildman–Crippen MR) is 97.7 cm³/mol. The summed E-state index contributed by atoms with van der Waals surface area (Å²) in [5.74, 6) is 0.119. The molecule has 1 aromatic carbocycles. The first-order valence-electron chi connectivity index (χ1n) is 9.76. The Morgan fingerprint density at radius 1 is 1.22 bits per heavy atom. The van der Waals surface area contributed by atoms with Gasteiger partial charge in [-0.15, -0.1) is 0 Å². The van der Waals surface area contributed by atoms with E-state index in [1.54, 1.807) is 4.90 Å². The number of piperidine rings is 1. The molecule has 1 aromatic rings. The maximum Gasteiger partial charge on any atom is 0.255 e. The Kier molecular flexibility index (Phi) is 3.84. The largest absolute Gasteiger partial charge is 0.322 e. The summed E-state index contributed by atoms with van der Waals surface area (Å²) in [4.78, 5) is 38.0. The fourth-order valence-corrected chi connectivity index (χ4v) is 5.15. The first-order chi connectivity index (χ1) is 13.0. The summed E-state index contributed by atoms with van der Waals surface area (Å²) in [6.45, 7) is 3.23. The van der Waals surface area contributed by atoms with Gasteiger partial charge < -0.3 is 15.5 Å². The normalized spacial score (nSPS) is 31.7. The summed E-state index contributed by atoms with van der Waals surface area (Å²) < 4.78 is 0. The summed E-state index contributed by atoms with van der Waals surface area (Å²) >= 11 is 0. The monoisotopic (exact) mass is 368 g/mol. The van der Waals surface area contributed by atoms with E-state index in [-0.39, 0.29) is 29.7 Å². The average Bonchev–Trinajstić information content (AvgIpc) is 3.29. The lowest BCUT2D eigenvalue weighted by Gasteiger charge is -2.38. The summed E-state index contributed by atoms with van der Waals surface area (Å²) in [6.07, 6.45) is 3.19. The van der Waals surface area contributed by atoms with Gasteiger partial charge in [0.25, 0.3) is 5.91 Å². The number of nitrogens with zero attached hydrogens (tertiary/aromatic N) is 1. The highest BCUT2D eigenvalue weighted by Gasteiger charge is 2.49. The van der Waals surface area contributed by atoms with Crippen LogP contribution >= 0.6 is 0 Å². The minimum Gasteiger partial charge on any atom is -0.322 e. The van der Waals surface area contributed by atoms with Crippen molar-refractivity contribution in [1.82, 2.24) is 20.9 Å². The number of nitrogens with one attached hydrogen (secondary N) is 3. The number of amides is 3. The van der Waals surface area contributed by atoms with Gasteiger partial charge in [0.2, 0.25) is 11.8 Å². The minimum atomic E-state index is -0.558. The zero-order valence-corrected chi connectivity index (χ0v) is 15.2. The molecular weight excluding hydrogens is 344 g/mol. The molecule has 7 nitrogen and oxygen atoms in total. The molecule has 7 heteroatoms. The molecule has 6 rings (SSSR count). The molecule has 1 unspecified atom stereocenters. The smallest absolute Gasteiger partial charge is 0.255 e. The molecule has 142 valence electrons. The second kappa shape index (κ2) is 6.14. The zero-order chi connectivity index (χ0) is 18.6. The Labute approximate surface area is 157 Å². The van der Waals surface area contributed by atoms with Crippen LogP contribution in [0.25, 0.3) is 0 Å². The molecule has 3 saturated heterocycles. The van der Waals surface area contributed by atoms with Crippen LogP contribution in [0.1, 0.15) is 47.2 Å². The number of carbonyl (C=O) groups is 3. The van der Waals surface area contributed by atoms with E-state index in [1.165, 1.54) is 12.8 Å². The standard InChI is InChI=1S/C20H24N4O3/c25-17-5-4-16(18(26)23-17)24-10-15-13(2-1-3-14(15)19(24)27)9-21-11-20-6-12(7-20)8-22-20/h1-3,12,16,21-22H,4-11H2,(H,23,25,26). The number of hydrogen-bond donors (Lipinski definition) is 3. The zero-order valence-electron chi connectivity index (χ0n) is 15.2. The maximum atomic E-state index is 12.8. The van der Waals surface area contributed by atoms with Crippen LogP contribution in [0.2, 0.25) is 0 Å². The van der Waals surface area contributed by atoms with E-state index in [0.717, 1.165) is 30.1 Å².